The van der Waals surface area contributed by atoms with Gasteiger partial charge in [0.1, 0.15) is 5.75 Å². The first kappa shape index (κ1) is 22.8. The first-order chi connectivity index (χ1) is 14.8. The molecule has 0 fully saturated rings. The molecule has 9 heteroatoms. The van der Waals surface area contributed by atoms with Crippen LogP contribution in [0.5, 0.6) is 5.75 Å². The van der Waals surface area contributed by atoms with Gasteiger partial charge in [0, 0.05) is 22.7 Å². The monoisotopic (exact) mass is 459 g/mol. The number of likely N-dealkylation sites (N-methyl/N-ethyl adjacent to an activating group) is 1. The van der Waals surface area contributed by atoms with E-state index in [4.69, 9.17) is 4.74 Å². The molecule has 0 saturated heterocycles. The van der Waals surface area contributed by atoms with E-state index in [1.807, 2.05) is 36.5 Å². The molecule has 1 amide bonds. The number of rotatable bonds is 9. The van der Waals surface area contributed by atoms with Crippen LogP contribution >= 0.6 is 11.3 Å². The number of benzene rings is 2. The van der Waals surface area contributed by atoms with Crippen molar-refractivity contribution in [2.75, 3.05) is 32.5 Å². The van der Waals surface area contributed by atoms with Crippen LogP contribution in [0.2, 0.25) is 0 Å². The molecule has 0 saturated carbocycles. The molecule has 0 aliphatic heterocycles. The van der Waals surface area contributed by atoms with E-state index in [-0.39, 0.29) is 22.4 Å². The molecule has 2 aromatic carbocycles. The highest BCUT2D eigenvalue weighted by Gasteiger charge is 2.19. The summed E-state index contributed by atoms with van der Waals surface area (Å²) in [6.45, 7) is 0.410. The zero-order chi connectivity index (χ0) is 22.4. The van der Waals surface area contributed by atoms with Crippen LogP contribution < -0.4 is 14.8 Å². The summed E-state index contributed by atoms with van der Waals surface area (Å²) in [5.74, 6) is 0.296. The van der Waals surface area contributed by atoms with Crippen molar-refractivity contribution in [3.05, 3.63) is 76.5 Å². The van der Waals surface area contributed by atoms with Crippen molar-refractivity contribution in [2.45, 2.75) is 10.9 Å². The molecule has 1 heterocycles. The van der Waals surface area contributed by atoms with Crippen LogP contribution in [0.4, 0.5) is 5.69 Å². The Labute approximate surface area is 186 Å². The van der Waals surface area contributed by atoms with Crippen molar-refractivity contribution in [2.24, 2.45) is 0 Å². The van der Waals surface area contributed by atoms with E-state index in [2.05, 4.69) is 10.0 Å². The van der Waals surface area contributed by atoms with Gasteiger partial charge in [-0.15, -0.1) is 11.3 Å². The number of nitrogens with zero attached hydrogens (tertiary/aromatic N) is 1. The van der Waals surface area contributed by atoms with Crippen LogP contribution in [0.3, 0.4) is 0 Å². The highest BCUT2D eigenvalue weighted by atomic mass is 32.2. The van der Waals surface area contributed by atoms with E-state index < -0.39 is 10.0 Å². The second-order valence-corrected chi connectivity index (χ2v) is 9.73. The Morgan fingerprint density at radius 3 is 2.45 bits per heavy atom. The van der Waals surface area contributed by atoms with Gasteiger partial charge in [-0.05, 0) is 68.0 Å². The molecule has 0 unspecified atom stereocenters. The highest BCUT2D eigenvalue weighted by Crippen LogP contribution is 2.23. The van der Waals surface area contributed by atoms with Crippen molar-refractivity contribution >= 4 is 33.0 Å². The minimum atomic E-state index is -3.85. The number of hydrogen-bond acceptors (Lipinski definition) is 6. The summed E-state index contributed by atoms with van der Waals surface area (Å²) in [7, 11) is 1.60. The molecule has 31 heavy (non-hydrogen) atoms. The number of amides is 1. The third-order valence-corrected chi connectivity index (χ3v) is 7.05. The van der Waals surface area contributed by atoms with E-state index in [9.17, 15) is 13.2 Å². The van der Waals surface area contributed by atoms with E-state index in [1.165, 1.54) is 19.2 Å². The lowest BCUT2D eigenvalue weighted by Crippen LogP contribution is -2.34. The average molecular weight is 460 g/mol. The second kappa shape index (κ2) is 9.95. The molecular formula is C22H25N3O4S2. The zero-order valence-electron chi connectivity index (χ0n) is 17.5. The smallest absolute Gasteiger partial charge is 0.261 e. The van der Waals surface area contributed by atoms with Gasteiger partial charge in [0.15, 0.2) is 0 Å². The summed E-state index contributed by atoms with van der Waals surface area (Å²) in [5.41, 5.74) is 0.682. The van der Waals surface area contributed by atoms with Crippen LogP contribution in [0.25, 0.3) is 0 Å². The maximum atomic E-state index is 12.8. The molecule has 3 aromatic rings. The molecule has 0 aliphatic carbocycles. The minimum absolute atomic E-state index is 0.0124. The van der Waals surface area contributed by atoms with Gasteiger partial charge in [0.05, 0.1) is 18.0 Å². The summed E-state index contributed by atoms with van der Waals surface area (Å²) in [6, 6.07) is 16.6. The molecule has 3 rings (SSSR count). The zero-order valence-corrected chi connectivity index (χ0v) is 19.2. The van der Waals surface area contributed by atoms with E-state index in [0.717, 1.165) is 4.88 Å². The lowest BCUT2D eigenvalue weighted by Gasteiger charge is -2.23. The van der Waals surface area contributed by atoms with Crippen molar-refractivity contribution in [3.63, 3.8) is 0 Å². The molecule has 7 nitrogen and oxygen atoms in total. The number of carbonyl (C=O) groups is 1. The van der Waals surface area contributed by atoms with Crippen molar-refractivity contribution in [1.29, 1.82) is 0 Å². The lowest BCUT2D eigenvalue weighted by atomic mass is 10.2. The summed E-state index contributed by atoms with van der Waals surface area (Å²) >= 11 is 1.63. The largest absolute Gasteiger partial charge is 0.497 e. The number of methoxy groups -OCH3 is 1. The van der Waals surface area contributed by atoms with Crippen molar-refractivity contribution in [3.8, 4) is 5.75 Å². The highest BCUT2D eigenvalue weighted by molar-refractivity contribution is 7.92. The molecule has 1 atom stereocenters. The van der Waals surface area contributed by atoms with Crippen LogP contribution in [0, 0.1) is 0 Å². The van der Waals surface area contributed by atoms with Crippen LogP contribution in [-0.4, -0.2) is 47.0 Å². The Kier molecular flexibility index (Phi) is 7.32. The Balaban J connectivity index is 1.71. The maximum absolute atomic E-state index is 12.8. The fourth-order valence-corrected chi connectivity index (χ4v) is 5.01. The fourth-order valence-electron chi connectivity index (χ4n) is 2.99. The summed E-state index contributed by atoms with van der Waals surface area (Å²) in [5, 5.41) is 4.90. The number of ether oxygens (including phenoxy) is 1. The van der Waals surface area contributed by atoms with Crippen molar-refractivity contribution < 1.29 is 17.9 Å². The molecule has 0 radical (unpaired) electrons. The topological polar surface area (TPSA) is 87.7 Å². The molecular weight excluding hydrogens is 434 g/mol. The minimum Gasteiger partial charge on any atom is -0.497 e. The fraction of sp³-hybridized carbons (Fsp3) is 0.227. The van der Waals surface area contributed by atoms with Gasteiger partial charge in [0.25, 0.3) is 15.9 Å². The summed E-state index contributed by atoms with van der Waals surface area (Å²) in [6.07, 6.45) is 0. The second-order valence-electron chi connectivity index (χ2n) is 7.07. The molecule has 164 valence electrons. The predicted molar refractivity (Wildman–Crippen MR) is 123 cm³/mol. The third kappa shape index (κ3) is 5.84. The Hall–Kier alpha value is -2.88. The summed E-state index contributed by atoms with van der Waals surface area (Å²) in [4.78, 5) is 15.9. The number of thiophene rings is 1. The standard InChI is InChI=1S/C22H25N3O4S2/c1-25(2)20(21-8-5-13-30-21)15-23-22(26)16-6-4-7-19(14-16)31(27,28)24-17-9-11-18(29-3)12-10-17/h4-14,20,24H,15H2,1-3H3,(H,23,26)/t20-/m1/s1. The number of hydrogen-bond donors (Lipinski definition) is 2. The van der Waals surface area contributed by atoms with E-state index in [1.54, 1.807) is 47.7 Å². The normalized spacial score (nSPS) is 12.4. The van der Waals surface area contributed by atoms with Gasteiger partial charge in [-0.2, -0.15) is 0 Å². The van der Waals surface area contributed by atoms with Gasteiger partial charge in [-0.3, -0.25) is 9.52 Å². The first-order valence-corrected chi connectivity index (χ1v) is 11.9. The van der Waals surface area contributed by atoms with Crippen LogP contribution in [-0.2, 0) is 10.0 Å². The first-order valence-electron chi connectivity index (χ1n) is 9.55. The van der Waals surface area contributed by atoms with Gasteiger partial charge >= 0.3 is 0 Å². The number of anilines is 1. The SMILES string of the molecule is COc1ccc(NS(=O)(=O)c2cccc(C(=O)NC[C@H](c3cccs3)N(C)C)c2)cc1. The molecule has 0 spiro atoms. The van der Waals surface area contributed by atoms with Crippen molar-refractivity contribution in [1.82, 2.24) is 10.2 Å². The van der Waals surface area contributed by atoms with Gasteiger partial charge < -0.3 is 15.0 Å². The van der Waals surface area contributed by atoms with Gasteiger partial charge in [-0.25, -0.2) is 8.42 Å². The predicted octanol–water partition coefficient (Wildman–Crippen LogP) is 3.59. The molecule has 2 N–H and O–H groups in total. The number of carbonyl (C=O) groups excluding carboxylic acids is 1. The Bertz CT molecular complexity index is 1110. The average Bonchev–Trinajstić information content (AvgIpc) is 3.28. The number of sulfonamides is 1. The Morgan fingerprint density at radius 1 is 1.10 bits per heavy atom. The Morgan fingerprint density at radius 2 is 1.84 bits per heavy atom. The van der Waals surface area contributed by atoms with E-state index in [0.29, 0.717) is 18.0 Å². The van der Waals surface area contributed by atoms with Crippen LogP contribution in [0.15, 0.2) is 70.9 Å². The molecule has 1 aromatic heterocycles. The van der Waals surface area contributed by atoms with Crippen LogP contribution in [0.1, 0.15) is 21.3 Å². The van der Waals surface area contributed by atoms with Gasteiger partial charge in [-0.1, -0.05) is 12.1 Å². The quantitative estimate of drug-likeness (QED) is 0.511. The molecule has 0 bridgehead atoms. The maximum Gasteiger partial charge on any atom is 0.261 e. The number of nitrogens with one attached hydrogen (secondary N) is 2. The van der Waals surface area contributed by atoms with E-state index >= 15 is 0 Å². The molecule has 0 aliphatic rings. The summed E-state index contributed by atoms with van der Waals surface area (Å²) < 4.78 is 33.1. The van der Waals surface area contributed by atoms with Gasteiger partial charge in [0.2, 0.25) is 0 Å². The third-order valence-electron chi connectivity index (χ3n) is 4.70. The lowest BCUT2D eigenvalue weighted by molar-refractivity contribution is 0.0942.